The number of aryl methyl sites for hydroxylation is 1. The minimum absolute atomic E-state index is 0.0324. The highest BCUT2D eigenvalue weighted by Crippen LogP contribution is 2.28. The highest BCUT2D eigenvalue weighted by atomic mass is 35.5. The summed E-state index contributed by atoms with van der Waals surface area (Å²) in [6, 6.07) is 25.9. The molecule has 4 rings (SSSR count). The average molecular weight is 687 g/mol. The smallest absolute Gasteiger partial charge is 0.264 e. The molecule has 1 atom stereocenters. The molecule has 0 heterocycles. The number of carbonyl (C=O) groups is 2. The Labute approximate surface area is 279 Å². The van der Waals surface area contributed by atoms with Crippen molar-refractivity contribution in [2.45, 2.75) is 44.2 Å². The second-order valence-corrected chi connectivity index (χ2v) is 13.7. The van der Waals surface area contributed by atoms with Gasteiger partial charge in [0.25, 0.3) is 10.0 Å². The molecular weight excluding hydrogens is 653 g/mol. The summed E-state index contributed by atoms with van der Waals surface area (Å²) in [5.41, 5.74) is 2.50. The van der Waals surface area contributed by atoms with Crippen molar-refractivity contribution in [1.29, 1.82) is 0 Å². The molecule has 0 fully saturated rings. The van der Waals surface area contributed by atoms with Crippen LogP contribution in [0.5, 0.6) is 0 Å². The molecule has 0 bridgehead atoms. The molecule has 1 unspecified atom stereocenters. The van der Waals surface area contributed by atoms with E-state index in [1.165, 1.54) is 29.2 Å². The summed E-state index contributed by atoms with van der Waals surface area (Å²) in [4.78, 5) is 29.6. The molecule has 4 aromatic carbocycles. The van der Waals surface area contributed by atoms with Crippen LogP contribution in [0.1, 0.15) is 30.0 Å². The molecule has 0 aliphatic carbocycles. The lowest BCUT2D eigenvalue weighted by molar-refractivity contribution is -0.140. The molecule has 45 heavy (non-hydrogen) atoms. The Morgan fingerprint density at radius 2 is 1.53 bits per heavy atom. The summed E-state index contributed by atoms with van der Waals surface area (Å²) in [5, 5.41) is 4.03. The zero-order chi connectivity index (χ0) is 32.6. The minimum Gasteiger partial charge on any atom is -0.354 e. The van der Waals surface area contributed by atoms with Crippen LogP contribution in [0.4, 0.5) is 5.69 Å². The van der Waals surface area contributed by atoms with Crippen LogP contribution in [-0.4, -0.2) is 44.3 Å². The molecule has 0 aliphatic heterocycles. The molecule has 4 aromatic rings. The zero-order valence-corrected chi connectivity index (χ0v) is 28.0. The maximum absolute atomic E-state index is 14.5. The third kappa shape index (κ3) is 9.01. The number of carbonyl (C=O) groups excluding carboxylic acids is 2. The molecule has 1 N–H and O–H groups in total. The fourth-order valence-corrected chi connectivity index (χ4v) is 6.80. The van der Waals surface area contributed by atoms with Gasteiger partial charge in [0.15, 0.2) is 0 Å². The van der Waals surface area contributed by atoms with Crippen LogP contribution in [0.25, 0.3) is 0 Å². The summed E-state index contributed by atoms with van der Waals surface area (Å²) < 4.78 is 29.3. The number of rotatable bonds is 13. The Balaban J connectivity index is 1.82. The number of anilines is 1. The summed E-state index contributed by atoms with van der Waals surface area (Å²) in [5.74, 6) is -0.950. The first-order valence-corrected chi connectivity index (χ1v) is 17.0. The first-order valence-electron chi connectivity index (χ1n) is 14.4. The van der Waals surface area contributed by atoms with E-state index in [2.05, 4.69) is 5.32 Å². The highest BCUT2D eigenvalue weighted by Gasteiger charge is 2.35. The van der Waals surface area contributed by atoms with Gasteiger partial charge in [-0.3, -0.25) is 13.9 Å². The standard InChI is InChI=1S/C34H34Cl3N3O4S/c1-3-18-38-34(42)32(20-25-9-5-4-6-10-25)39(22-26-12-13-28(36)21-31(26)37)33(41)23-40(29-11-7-8-24(2)19-29)45(43,44)30-16-14-27(35)15-17-30/h4-17,19,21,32H,3,18,20,22-23H2,1-2H3,(H,38,42). The monoisotopic (exact) mass is 685 g/mol. The van der Waals surface area contributed by atoms with Crippen molar-refractivity contribution in [2.75, 3.05) is 17.4 Å². The normalized spacial score (nSPS) is 11.9. The Bertz CT molecular complexity index is 1740. The summed E-state index contributed by atoms with van der Waals surface area (Å²) in [7, 11) is -4.24. The molecule has 0 saturated carbocycles. The van der Waals surface area contributed by atoms with Gasteiger partial charge in [0.05, 0.1) is 10.6 Å². The van der Waals surface area contributed by atoms with Gasteiger partial charge < -0.3 is 10.2 Å². The molecule has 11 heteroatoms. The Morgan fingerprint density at radius 3 is 2.18 bits per heavy atom. The van der Waals surface area contributed by atoms with Gasteiger partial charge in [0, 0.05) is 34.6 Å². The molecule has 0 aromatic heterocycles. The van der Waals surface area contributed by atoms with Crippen molar-refractivity contribution < 1.29 is 18.0 Å². The lowest BCUT2D eigenvalue weighted by atomic mass is 10.0. The van der Waals surface area contributed by atoms with Gasteiger partial charge in [0.1, 0.15) is 12.6 Å². The highest BCUT2D eigenvalue weighted by molar-refractivity contribution is 7.92. The number of sulfonamides is 1. The van der Waals surface area contributed by atoms with Crippen LogP contribution in [0, 0.1) is 6.92 Å². The molecule has 0 radical (unpaired) electrons. The topological polar surface area (TPSA) is 86.8 Å². The number of nitrogens with zero attached hydrogens (tertiary/aromatic N) is 2. The largest absolute Gasteiger partial charge is 0.354 e. The van der Waals surface area contributed by atoms with Gasteiger partial charge in [-0.25, -0.2) is 8.42 Å². The van der Waals surface area contributed by atoms with Crippen LogP contribution < -0.4 is 9.62 Å². The number of halogens is 3. The van der Waals surface area contributed by atoms with Crippen molar-refractivity contribution in [3.05, 3.63) is 129 Å². The number of nitrogens with one attached hydrogen (secondary N) is 1. The van der Waals surface area contributed by atoms with Crippen LogP contribution in [-0.2, 0) is 32.6 Å². The average Bonchev–Trinajstić information content (AvgIpc) is 3.01. The van der Waals surface area contributed by atoms with Crippen LogP contribution in [0.3, 0.4) is 0 Å². The zero-order valence-electron chi connectivity index (χ0n) is 24.9. The lowest BCUT2D eigenvalue weighted by Crippen LogP contribution is -2.53. The van der Waals surface area contributed by atoms with E-state index in [4.69, 9.17) is 34.8 Å². The molecule has 7 nitrogen and oxygen atoms in total. The molecule has 2 amide bonds. The first-order chi connectivity index (χ1) is 21.5. The van der Waals surface area contributed by atoms with Crippen molar-refractivity contribution in [3.8, 4) is 0 Å². The van der Waals surface area contributed by atoms with Crippen molar-refractivity contribution >= 4 is 62.3 Å². The fourth-order valence-electron chi connectivity index (χ4n) is 4.80. The number of hydrogen-bond acceptors (Lipinski definition) is 4. The minimum atomic E-state index is -4.24. The quantitative estimate of drug-likeness (QED) is 0.160. The predicted octanol–water partition coefficient (Wildman–Crippen LogP) is 7.32. The van der Waals surface area contributed by atoms with Crippen LogP contribution in [0.15, 0.2) is 102 Å². The maximum Gasteiger partial charge on any atom is 0.264 e. The van der Waals surface area contributed by atoms with E-state index in [1.807, 2.05) is 50.2 Å². The van der Waals surface area contributed by atoms with E-state index in [9.17, 15) is 18.0 Å². The van der Waals surface area contributed by atoms with E-state index in [1.54, 1.807) is 36.4 Å². The van der Waals surface area contributed by atoms with Gasteiger partial charge in [-0.1, -0.05) is 90.3 Å². The fraction of sp³-hybridized carbons (Fsp3) is 0.235. The predicted molar refractivity (Wildman–Crippen MR) is 181 cm³/mol. The Kier molecular flexibility index (Phi) is 11.9. The van der Waals surface area contributed by atoms with Crippen LogP contribution >= 0.6 is 34.8 Å². The molecule has 0 spiro atoms. The molecule has 0 aliphatic rings. The van der Waals surface area contributed by atoms with Gasteiger partial charge in [-0.15, -0.1) is 0 Å². The second-order valence-electron chi connectivity index (χ2n) is 10.6. The van der Waals surface area contributed by atoms with E-state index in [0.29, 0.717) is 39.3 Å². The van der Waals surface area contributed by atoms with Gasteiger partial charge in [0.2, 0.25) is 11.8 Å². The molecule has 0 saturated heterocycles. The lowest BCUT2D eigenvalue weighted by Gasteiger charge is -2.34. The maximum atomic E-state index is 14.5. The molecular formula is C34H34Cl3N3O4S. The van der Waals surface area contributed by atoms with E-state index >= 15 is 0 Å². The van der Waals surface area contributed by atoms with Crippen LogP contribution in [0.2, 0.25) is 15.1 Å². The number of amides is 2. The Hall–Kier alpha value is -3.56. The first kappa shape index (κ1) is 34.3. The van der Waals surface area contributed by atoms with Crippen molar-refractivity contribution in [1.82, 2.24) is 10.2 Å². The molecule has 236 valence electrons. The van der Waals surface area contributed by atoms with E-state index in [-0.39, 0.29) is 23.8 Å². The summed E-state index contributed by atoms with van der Waals surface area (Å²) in [6.07, 6.45) is 0.892. The van der Waals surface area contributed by atoms with Crippen molar-refractivity contribution in [2.24, 2.45) is 0 Å². The SMILES string of the molecule is CCCNC(=O)C(Cc1ccccc1)N(Cc1ccc(Cl)cc1Cl)C(=O)CN(c1cccc(C)c1)S(=O)(=O)c1ccc(Cl)cc1. The van der Waals surface area contributed by atoms with Gasteiger partial charge in [-0.05, 0) is 78.6 Å². The van der Waals surface area contributed by atoms with E-state index in [0.717, 1.165) is 15.4 Å². The third-order valence-electron chi connectivity index (χ3n) is 7.15. The van der Waals surface area contributed by atoms with Gasteiger partial charge >= 0.3 is 0 Å². The Morgan fingerprint density at radius 1 is 0.844 bits per heavy atom. The van der Waals surface area contributed by atoms with Crippen molar-refractivity contribution in [3.63, 3.8) is 0 Å². The summed E-state index contributed by atoms with van der Waals surface area (Å²) in [6.45, 7) is 3.54. The second kappa shape index (κ2) is 15.6. The number of hydrogen-bond donors (Lipinski definition) is 1. The van der Waals surface area contributed by atoms with E-state index < -0.39 is 28.5 Å². The third-order valence-corrected chi connectivity index (χ3v) is 9.77. The number of benzene rings is 4. The summed E-state index contributed by atoms with van der Waals surface area (Å²) >= 11 is 18.7. The van der Waals surface area contributed by atoms with Gasteiger partial charge in [-0.2, -0.15) is 0 Å².